The average molecular weight is 207 g/mol. The molecule has 0 N–H and O–H groups in total. The van der Waals surface area contributed by atoms with Crippen LogP contribution in [0.3, 0.4) is 0 Å². The standard InChI is InChI=1S/C7H11ClN2OS/c1-4-7(2,11-3)5-9-6(8)10-12-5/h4H2,1-3H3. The molecule has 0 aromatic carbocycles. The lowest BCUT2D eigenvalue weighted by Gasteiger charge is -2.22. The molecular weight excluding hydrogens is 196 g/mol. The van der Waals surface area contributed by atoms with E-state index in [-0.39, 0.29) is 5.60 Å². The molecule has 1 unspecified atom stereocenters. The van der Waals surface area contributed by atoms with Gasteiger partial charge < -0.3 is 4.74 Å². The monoisotopic (exact) mass is 206 g/mol. The highest BCUT2D eigenvalue weighted by atomic mass is 35.5. The molecule has 0 aliphatic rings. The number of hydrogen-bond donors (Lipinski definition) is 0. The van der Waals surface area contributed by atoms with E-state index in [2.05, 4.69) is 9.36 Å². The zero-order valence-electron chi connectivity index (χ0n) is 7.30. The quantitative estimate of drug-likeness (QED) is 0.762. The van der Waals surface area contributed by atoms with Crippen molar-refractivity contribution in [2.75, 3.05) is 7.11 Å². The summed E-state index contributed by atoms with van der Waals surface area (Å²) in [4.78, 5) is 4.07. The second-order valence-corrected chi connectivity index (χ2v) is 3.75. The minimum absolute atomic E-state index is 0.298. The summed E-state index contributed by atoms with van der Waals surface area (Å²) in [6.07, 6.45) is 0.856. The largest absolute Gasteiger partial charge is 0.371 e. The third-order valence-corrected chi connectivity index (χ3v) is 3.21. The van der Waals surface area contributed by atoms with E-state index in [1.165, 1.54) is 11.5 Å². The fourth-order valence-electron chi connectivity index (χ4n) is 0.803. The van der Waals surface area contributed by atoms with E-state index in [4.69, 9.17) is 16.3 Å². The van der Waals surface area contributed by atoms with Gasteiger partial charge in [-0.2, -0.15) is 4.37 Å². The summed E-state index contributed by atoms with van der Waals surface area (Å²) in [5.41, 5.74) is -0.342. The Morgan fingerprint density at radius 1 is 1.67 bits per heavy atom. The van der Waals surface area contributed by atoms with Gasteiger partial charge in [-0.25, -0.2) is 4.98 Å². The van der Waals surface area contributed by atoms with Crippen molar-refractivity contribution in [3.63, 3.8) is 0 Å². The molecule has 12 heavy (non-hydrogen) atoms. The predicted octanol–water partition coefficient (Wildman–Crippen LogP) is 2.46. The molecule has 0 radical (unpaired) electrons. The van der Waals surface area contributed by atoms with Gasteiger partial charge in [0.1, 0.15) is 10.6 Å². The Labute approximate surface area is 80.9 Å². The van der Waals surface area contributed by atoms with Crippen molar-refractivity contribution in [2.24, 2.45) is 0 Å². The van der Waals surface area contributed by atoms with Crippen molar-refractivity contribution in [3.05, 3.63) is 10.3 Å². The van der Waals surface area contributed by atoms with Gasteiger partial charge in [-0.15, -0.1) is 0 Å². The normalized spacial score (nSPS) is 16.0. The molecule has 0 saturated carbocycles. The summed E-state index contributed by atoms with van der Waals surface area (Å²) in [6.45, 7) is 4.02. The van der Waals surface area contributed by atoms with E-state index in [0.717, 1.165) is 11.4 Å². The first kappa shape index (κ1) is 9.89. The highest BCUT2D eigenvalue weighted by Crippen LogP contribution is 2.29. The number of ether oxygens (including phenoxy) is 1. The molecule has 1 heterocycles. The van der Waals surface area contributed by atoms with Crippen LogP contribution in [0.15, 0.2) is 0 Å². The Bertz CT molecular complexity index is 260. The van der Waals surface area contributed by atoms with Crippen LogP contribution in [0.25, 0.3) is 0 Å². The molecule has 68 valence electrons. The predicted molar refractivity (Wildman–Crippen MR) is 49.6 cm³/mol. The van der Waals surface area contributed by atoms with Crippen LogP contribution in [0.1, 0.15) is 25.3 Å². The molecule has 0 bridgehead atoms. The van der Waals surface area contributed by atoms with Gasteiger partial charge in [-0.3, -0.25) is 0 Å². The molecule has 0 aliphatic carbocycles. The van der Waals surface area contributed by atoms with E-state index >= 15 is 0 Å². The molecular formula is C7H11ClN2OS. The number of methoxy groups -OCH3 is 1. The van der Waals surface area contributed by atoms with Crippen molar-refractivity contribution in [2.45, 2.75) is 25.9 Å². The lowest BCUT2D eigenvalue weighted by molar-refractivity contribution is -0.00155. The Hall–Kier alpha value is -0.190. The van der Waals surface area contributed by atoms with Crippen LogP contribution < -0.4 is 0 Å². The zero-order chi connectivity index (χ0) is 9.19. The SMILES string of the molecule is CCC(C)(OC)c1nc(Cl)ns1. The summed E-state index contributed by atoms with van der Waals surface area (Å²) in [6, 6.07) is 0. The van der Waals surface area contributed by atoms with Crippen molar-refractivity contribution in [1.82, 2.24) is 9.36 Å². The summed E-state index contributed by atoms with van der Waals surface area (Å²) < 4.78 is 9.23. The van der Waals surface area contributed by atoms with E-state index < -0.39 is 0 Å². The fraction of sp³-hybridized carbons (Fsp3) is 0.714. The molecule has 0 fully saturated rings. The number of rotatable bonds is 3. The fourth-order valence-corrected chi connectivity index (χ4v) is 1.79. The Kier molecular flexibility index (Phi) is 3.04. The average Bonchev–Trinajstić information content (AvgIpc) is 2.51. The third kappa shape index (κ3) is 1.76. The Morgan fingerprint density at radius 2 is 2.33 bits per heavy atom. The lowest BCUT2D eigenvalue weighted by atomic mass is 10.1. The second-order valence-electron chi connectivity index (χ2n) is 2.66. The van der Waals surface area contributed by atoms with E-state index in [1.54, 1.807) is 7.11 Å². The van der Waals surface area contributed by atoms with Gasteiger partial charge in [0.25, 0.3) is 0 Å². The lowest BCUT2D eigenvalue weighted by Crippen LogP contribution is -2.22. The molecule has 3 nitrogen and oxygen atoms in total. The van der Waals surface area contributed by atoms with Crippen LogP contribution in [-0.4, -0.2) is 16.5 Å². The first-order valence-electron chi connectivity index (χ1n) is 3.67. The van der Waals surface area contributed by atoms with E-state index in [1.807, 2.05) is 13.8 Å². The number of halogens is 1. The van der Waals surface area contributed by atoms with Crippen molar-refractivity contribution < 1.29 is 4.74 Å². The Morgan fingerprint density at radius 3 is 2.67 bits per heavy atom. The van der Waals surface area contributed by atoms with Gasteiger partial charge in [0.2, 0.25) is 5.28 Å². The molecule has 0 saturated heterocycles. The molecule has 0 spiro atoms. The summed E-state index contributed by atoms with van der Waals surface area (Å²) in [5, 5.41) is 1.13. The summed E-state index contributed by atoms with van der Waals surface area (Å²) in [5.74, 6) is 0. The van der Waals surface area contributed by atoms with Crippen LogP contribution in [-0.2, 0) is 10.3 Å². The second kappa shape index (κ2) is 3.68. The number of hydrogen-bond acceptors (Lipinski definition) is 4. The van der Waals surface area contributed by atoms with Crippen LogP contribution >= 0.6 is 23.1 Å². The van der Waals surface area contributed by atoms with Crippen LogP contribution in [0.5, 0.6) is 0 Å². The van der Waals surface area contributed by atoms with Crippen LogP contribution in [0.2, 0.25) is 5.28 Å². The van der Waals surface area contributed by atoms with Crippen LogP contribution in [0, 0.1) is 0 Å². The van der Waals surface area contributed by atoms with Crippen molar-refractivity contribution in [3.8, 4) is 0 Å². The molecule has 0 aliphatic heterocycles. The summed E-state index contributed by atoms with van der Waals surface area (Å²) >= 11 is 6.90. The topological polar surface area (TPSA) is 35.0 Å². The minimum atomic E-state index is -0.342. The van der Waals surface area contributed by atoms with Gasteiger partial charge in [0.05, 0.1) is 0 Å². The van der Waals surface area contributed by atoms with Gasteiger partial charge in [0.15, 0.2) is 0 Å². The van der Waals surface area contributed by atoms with E-state index in [0.29, 0.717) is 5.28 Å². The molecule has 5 heteroatoms. The van der Waals surface area contributed by atoms with Crippen molar-refractivity contribution >= 4 is 23.1 Å². The maximum Gasteiger partial charge on any atom is 0.234 e. The van der Waals surface area contributed by atoms with Crippen molar-refractivity contribution in [1.29, 1.82) is 0 Å². The molecule has 0 amide bonds. The van der Waals surface area contributed by atoms with Gasteiger partial charge in [-0.05, 0) is 36.5 Å². The van der Waals surface area contributed by atoms with Gasteiger partial charge >= 0.3 is 0 Å². The highest BCUT2D eigenvalue weighted by Gasteiger charge is 2.28. The van der Waals surface area contributed by atoms with Gasteiger partial charge in [0, 0.05) is 7.11 Å². The smallest absolute Gasteiger partial charge is 0.234 e. The number of nitrogens with zero attached hydrogens (tertiary/aromatic N) is 2. The maximum atomic E-state index is 5.61. The van der Waals surface area contributed by atoms with Crippen LogP contribution in [0.4, 0.5) is 0 Å². The zero-order valence-corrected chi connectivity index (χ0v) is 8.87. The van der Waals surface area contributed by atoms with E-state index in [9.17, 15) is 0 Å². The first-order valence-corrected chi connectivity index (χ1v) is 4.82. The molecule has 1 aromatic rings. The maximum absolute atomic E-state index is 5.61. The number of aromatic nitrogens is 2. The minimum Gasteiger partial charge on any atom is -0.371 e. The Balaban J connectivity index is 2.94. The molecule has 1 atom stereocenters. The molecule has 1 aromatic heterocycles. The third-order valence-electron chi connectivity index (χ3n) is 1.98. The molecule has 1 rings (SSSR count). The first-order chi connectivity index (χ1) is 5.62. The van der Waals surface area contributed by atoms with Gasteiger partial charge in [-0.1, -0.05) is 6.92 Å². The summed E-state index contributed by atoms with van der Waals surface area (Å²) in [7, 11) is 1.67. The highest BCUT2D eigenvalue weighted by molar-refractivity contribution is 7.05.